The second-order valence-electron chi connectivity index (χ2n) is 6.08. The lowest BCUT2D eigenvalue weighted by Gasteiger charge is -2.21. The zero-order chi connectivity index (χ0) is 13.6. The minimum atomic E-state index is 0.235. The Morgan fingerprint density at radius 2 is 2.06 bits per heavy atom. The summed E-state index contributed by atoms with van der Waals surface area (Å²) in [6, 6.07) is 0. The first-order chi connectivity index (χ1) is 8.38. The van der Waals surface area contributed by atoms with Crippen molar-refractivity contribution in [2.45, 2.75) is 45.7 Å². The molecule has 4 nitrogen and oxygen atoms in total. The number of aryl methyl sites for hydroxylation is 1. The molecule has 0 aliphatic heterocycles. The van der Waals surface area contributed by atoms with Gasteiger partial charge in [0.15, 0.2) is 0 Å². The van der Waals surface area contributed by atoms with E-state index in [-0.39, 0.29) is 5.54 Å². The third kappa shape index (κ3) is 6.17. The fourth-order valence-corrected chi connectivity index (χ4v) is 1.84. The topological polar surface area (TPSA) is 33.1 Å². The second-order valence-corrected chi connectivity index (χ2v) is 6.08. The molecule has 1 aromatic rings. The lowest BCUT2D eigenvalue weighted by Crippen LogP contribution is -2.36. The minimum absolute atomic E-state index is 0.235. The Morgan fingerprint density at radius 3 is 2.61 bits per heavy atom. The summed E-state index contributed by atoms with van der Waals surface area (Å²) in [6.07, 6.45) is 6.30. The van der Waals surface area contributed by atoms with E-state index in [0.29, 0.717) is 0 Å². The number of hydrogen-bond donors (Lipinski definition) is 1. The predicted octanol–water partition coefficient (Wildman–Crippen LogP) is 2.02. The quantitative estimate of drug-likeness (QED) is 0.754. The molecule has 0 aromatic carbocycles. The zero-order valence-electron chi connectivity index (χ0n) is 12.5. The monoisotopic (exact) mass is 252 g/mol. The van der Waals surface area contributed by atoms with Crippen LogP contribution in [0.1, 0.15) is 39.4 Å². The van der Waals surface area contributed by atoms with Crippen LogP contribution in [0.2, 0.25) is 0 Å². The normalized spacial score (nSPS) is 12.3. The second kappa shape index (κ2) is 6.90. The van der Waals surface area contributed by atoms with E-state index >= 15 is 0 Å². The van der Waals surface area contributed by atoms with Gasteiger partial charge >= 0.3 is 0 Å². The highest BCUT2D eigenvalue weighted by Crippen LogP contribution is 2.02. The zero-order valence-corrected chi connectivity index (χ0v) is 12.5. The summed E-state index contributed by atoms with van der Waals surface area (Å²) >= 11 is 0. The van der Waals surface area contributed by atoms with Crippen molar-refractivity contribution in [2.24, 2.45) is 7.05 Å². The van der Waals surface area contributed by atoms with Crippen LogP contribution in [0.5, 0.6) is 0 Å². The van der Waals surface area contributed by atoms with Gasteiger partial charge in [-0.3, -0.25) is 4.90 Å². The molecule has 0 atom stereocenters. The van der Waals surface area contributed by atoms with E-state index in [1.54, 1.807) is 0 Å². The maximum absolute atomic E-state index is 4.34. The Bertz CT molecular complexity index is 338. The molecular weight excluding hydrogens is 224 g/mol. The van der Waals surface area contributed by atoms with Crippen LogP contribution in [0.25, 0.3) is 0 Å². The summed E-state index contributed by atoms with van der Waals surface area (Å²) < 4.78 is 2.08. The molecule has 0 unspecified atom stereocenters. The first kappa shape index (κ1) is 15.2. The van der Waals surface area contributed by atoms with Crippen molar-refractivity contribution in [1.29, 1.82) is 0 Å². The average Bonchev–Trinajstić information content (AvgIpc) is 2.62. The molecule has 0 saturated heterocycles. The molecule has 1 N–H and O–H groups in total. The summed E-state index contributed by atoms with van der Waals surface area (Å²) in [5.41, 5.74) is 0.235. The summed E-state index contributed by atoms with van der Waals surface area (Å²) in [6.45, 7) is 9.77. The summed E-state index contributed by atoms with van der Waals surface area (Å²) in [5, 5.41) is 3.52. The van der Waals surface area contributed by atoms with Gasteiger partial charge in [-0.2, -0.15) is 0 Å². The van der Waals surface area contributed by atoms with E-state index in [0.717, 1.165) is 25.5 Å². The van der Waals surface area contributed by atoms with Crippen LogP contribution >= 0.6 is 0 Å². The van der Waals surface area contributed by atoms with E-state index in [1.807, 2.05) is 19.4 Å². The molecule has 1 rings (SSSR count). The Morgan fingerprint density at radius 1 is 1.33 bits per heavy atom. The van der Waals surface area contributed by atoms with Crippen molar-refractivity contribution in [3.63, 3.8) is 0 Å². The number of hydrogen-bond acceptors (Lipinski definition) is 3. The fraction of sp³-hybridized carbons (Fsp3) is 0.786. The molecule has 4 heteroatoms. The van der Waals surface area contributed by atoms with E-state index in [4.69, 9.17) is 0 Å². The smallest absolute Gasteiger partial charge is 0.122 e. The van der Waals surface area contributed by atoms with Crippen LogP contribution in [0.3, 0.4) is 0 Å². The van der Waals surface area contributed by atoms with Crippen LogP contribution in [0.15, 0.2) is 12.4 Å². The molecule has 0 bridgehead atoms. The molecule has 1 aromatic heterocycles. The molecule has 1 heterocycles. The fourth-order valence-electron chi connectivity index (χ4n) is 1.84. The highest BCUT2D eigenvalue weighted by atomic mass is 15.1. The van der Waals surface area contributed by atoms with Crippen LogP contribution in [-0.4, -0.2) is 40.1 Å². The Labute approximate surface area is 111 Å². The molecule has 0 aliphatic rings. The Balaban J connectivity index is 2.11. The first-order valence-corrected chi connectivity index (χ1v) is 6.78. The van der Waals surface area contributed by atoms with Crippen LogP contribution in [0.4, 0.5) is 0 Å². The van der Waals surface area contributed by atoms with Crippen molar-refractivity contribution in [3.05, 3.63) is 18.2 Å². The summed E-state index contributed by atoms with van der Waals surface area (Å²) in [4.78, 5) is 6.67. The lowest BCUT2D eigenvalue weighted by atomic mass is 10.1. The van der Waals surface area contributed by atoms with E-state index in [9.17, 15) is 0 Å². The number of imidazole rings is 1. The predicted molar refractivity (Wildman–Crippen MR) is 76.5 cm³/mol. The van der Waals surface area contributed by atoms with E-state index in [2.05, 4.69) is 47.6 Å². The molecule has 0 fully saturated rings. The van der Waals surface area contributed by atoms with Crippen molar-refractivity contribution in [3.8, 4) is 0 Å². The molecule has 0 radical (unpaired) electrons. The molecular formula is C14H28N4. The number of nitrogens with zero attached hydrogens (tertiary/aromatic N) is 3. The van der Waals surface area contributed by atoms with Crippen molar-refractivity contribution >= 4 is 0 Å². The third-order valence-corrected chi connectivity index (χ3v) is 2.95. The van der Waals surface area contributed by atoms with Gasteiger partial charge in [-0.1, -0.05) is 0 Å². The molecule has 0 aliphatic carbocycles. The lowest BCUT2D eigenvalue weighted by molar-refractivity contribution is 0.303. The van der Waals surface area contributed by atoms with Gasteiger partial charge in [0.2, 0.25) is 0 Å². The molecule has 0 saturated carbocycles. The number of nitrogens with one attached hydrogen (secondary N) is 1. The number of rotatable bonds is 7. The molecule has 104 valence electrons. The van der Waals surface area contributed by atoms with Crippen molar-refractivity contribution in [1.82, 2.24) is 19.8 Å². The largest absolute Gasteiger partial charge is 0.337 e. The molecule has 0 spiro atoms. The maximum atomic E-state index is 4.34. The first-order valence-electron chi connectivity index (χ1n) is 6.78. The number of unbranched alkanes of at least 4 members (excludes halogenated alkanes) is 1. The molecule has 18 heavy (non-hydrogen) atoms. The minimum Gasteiger partial charge on any atom is -0.337 e. The van der Waals surface area contributed by atoms with Gasteiger partial charge in [0.25, 0.3) is 0 Å². The average molecular weight is 252 g/mol. The van der Waals surface area contributed by atoms with Crippen LogP contribution in [-0.2, 0) is 13.6 Å². The third-order valence-electron chi connectivity index (χ3n) is 2.95. The van der Waals surface area contributed by atoms with Gasteiger partial charge < -0.3 is 9.88 Å². The van der Waals surface area contributed by atoms with E-state index < -0.39 is 0 Å². The van der Waals surface area contributed by atoms with Gasteiger partial charge in [0.05, 0.1) is 6.54 Å². The van der Waals surface area contributed by atoms with Gasteiger partial charge in [0.1, 0.15) is 5.82 Å². The van der Waals surface area contributed by atoms with Crippen LogP contribution in [0, 0.1) is 0 Å². The SMILES string of the molecule is CN(CCCCNC(C)(C)C)Cc1nccn1C. The van der Waals surface area contributed by atoms with Gasteiger partial charge in [-0.15, -0.1) is 0 Å². The molecule has 0 amide bonds. The summed E-state index contributed by atoms with van der Waals surface area (Å²) in [7, 11) is 4.20. The maximum Gasteiger partial charge on any atom is 0.122 e. The van der Waals surface area contributed by atoms with Gasteiger partial charge in [0, 0.05) is 25.0 Å². The Kier molecular flexibility index (Phi) is 5.82. The van der Waals surface area contributed by atoms with Gasteiger partial charge in [-0.25, -0.2) is 4.98 Å². The highest BCUT2D eigenvalue weighted by molar-refractivity contribution is 4.90. The van der Waals surface area contributed by atoms with Crippen molar-refractivity contribution < 1.29 is 0 Å². The number of aromatic nitrogens is 2. The van der Waals surface area contributed by atoms with E-state index in [1.165, 1.54) is 12.8 Å². The Hall–Kier alpha value is -0.870. The van der Waals surface area contributed by atoms with Crippen molar-refractivity contribution in [2.75, 3.05) is 20.1 Å². The van der Waals surface area contributed by atoms with Gasteiger partial charge in [-0.05, 0) is 53.8 Å². The van der Waals surface area contributed by atoms with Crippen LogP contribution < -0.4 is 5.32 Å². The summed E-state index contributed by atoms with van der Waals surface area (Å²) in [5.74, 6) is 1.13. The highest BCUT2D eigenvalue weighted by Gasteiger charge is 2.08. The standard InChI is InChI=1S/C14H28N4/c1-14(2,3)16-8-6-7-10-17(4)12-13-15-9-11-18(13)5/h9,11,16H,6-8,10,12H2,1-5H3.